The van der Waals surface area contributed by atoms with Crippen molar-refractivity contribution in [2.45, 2.75) is 69.8 Å². The molecule has 1 aliphatic heterocycles. The molecule has 1 amide bonds. The minimum absolute atomic E-state index is 0.0174. The number of carbonyl (C=O) groups is 1. The highest BCUT2D eigenvalue weighted by Crippen LogP contribution is 2.35. The van der Waals surface area contributed by atoms with E-state index in [0.29, 0.717) is 30.1 Å². The lowest BCUT2D eigenvalue weighted by atomic mass is 9.92. The average molecular weight is 464 g/mol. The van der Waals surface area contributed by atoms with Crippen molar-refractivity contribution in [3.63, 3.8) is 0 Å². The van der Waals surface area contributed by atoms with Crippen LogP contribution in [0.2, 0.25) is 0 Å². The quantitative estimate of drug-likeness (QED) is 0.479. The highest BCUT2D eigenvalue weighted by Gasteiger charge is 2.30. The number of likely N-dealkylation sites (tertiary alicyclic amines) is 1. The third-order valence-corrected chi connectivity index (χ3v) is 8.63. The van der Waals surface area contributed by atoms with Crippen molar-refractivity contribution < 1.29 is 9.53 Å². The van der Waals surface area contributed by atoms with Crippen molar-refractivity contribution in [2.75, 3.05) is 26.8 Å². The van der Waals surface area contributed by atoms with Gasteiger partial charge in [-0.1, -0.05) is 25.6 Å². The van der Waals surface area contributed by atoms with E-state index in [9.17, 15) is 9.59 Å². The molecule has 8 heteroatoms. The monoisotopic (exact) mass is 463 g/mol. The van der Waals surface area contributed by atoms with Crippen molar-refractivity contribution in [1.29, 1.82) is 0 Å². The minimum Gasteiger partial charge on any atom is -0.383 e. The van der Waals surface area contributed by atoms with Crippen LogP contribution in [0.4, 0.5) is 0 Å². The molecular weight excluding hydrogens is 430 g/mol. The predicted molar refractivity (Wildman–Crippen MR) is 127 cm³/mol. The van der Waals surface area contributed by atoms with Gasteiger partial charge in [0, 0.05) is 25.1 Å². The molecule has 1 saturated heterocycles. The van der Waals surface area contributed by atoms with Crippen LogP contribution in [0.3, 0.4) is 0 Å². The summed E-state index contributed by atoms with van der Waals surface area (Å²) in [5.74, 6) is 1.19. The molecule has 0 N–H and O–H groups in total. The summed E-state index contributed by atoms with van der Waals surface area (Å²) in [6.45, 7) is 8.88. The average Bonchev–Trinajstić information content (AvgIpc) is 3.10. The molecule has 170 valence electrons. The van der Waals surface area contributed by atoms with Gasteiger partial charge in [0.15, 0.2) is 5.16 Å². The van der Waals surface area contributed by atoms with Crippen LogP contribution in [0.1, 0.15) is 50.5 Å². The highest BCUT2D eigenvalue weighted by atomic mass is 32.2. The number of carbonyl (C=O) groups excluding carboxylic acids is 1. The summed E-state index contributed by atoms with van der Waals surface area (Å²) in [6, 6.07) is 0. The molecule has 4 rings (SSSR count). The van der Waals surface area contributed by atoms with E-state index in [1.54, 1.807) is 23.0 Å². The number of hydrogen-bond donors (Lipinski definition) is 0. The molecule has 0 saturated carbocycles. The highest BCUT2D eigenvalue weighted by molar-refractivity contribution is 8.00. The van der Waals surface area contributed by atoms with E-state index >= 15 is 0 Å². The Morgan fingerprint density at radius 3 is 2.68 bits per heavy atom. The SMILES string of the molecule is COCCn1c(SC(C)C(=O)N2CC(C)CC(C)C2)nc2sc3c(c2c1=O)CCCC3. The van der Waals surface area contributed by atoms with Gasteiger partial charge in [-0.25, -0.2) is 4.98 Å². The number of fused-ring (bicyclic) bond motifs is 3. The zero-order valence-corrected chi connectivity index (χ0v) is 20.6. The Kier molecular flexibility index (Phi) is 7.08. The van der Waals surface area contributed by atoms with Gasteiger partial charge in [-0.2, -0.15) is 0 Å². The number of thioether (sulfide) groups is 1. The van der Waals surface area contributed by atoms with Gasteiger partial charge >= 0.3 is 0 Å². The van der Waals surface area contributed by atoms with Gasteiger partial charge < -0.3 is 9.64 Å². The second-order valence-electron chi connectivity index (χ2n) is 9.18. The summed E-state index contributed by atoms with van der Waals surface area (Å²) < 4.78 is 6.99. The number of nitrogens with zero attached hydrogens (tertiary/aromatic N) is 3. The molecule has 2 aromatic rings. The maximum Gasteiger partial charge on any atom is 0.263 e. The Hall–Kier alpha value is -1.38. The molecule has 0 spiro atoms. The molecule has 2 aliphatic rings. The third-order valence-electron chi connectivity index (χ3n) is 6.37. The lowest BCUT2D eigenvalue weighted by Crippen LogP contribution is -2.45. The Balaban J connectivity index is 1.65. The first-order valence-corrected chi connectivity index (χ1v) is 13.1. The van der Waals surface area contributed by atoms with E-state index in [1.807, 2.05) is 11.8 Å². The van der Waals surface area contributed by atoms with E-state index in [4.69, 9.17) is 9.72 Å². The third kappa shape index (κ3) is 4.71. The largest absolute Gasteiger partial charge is 0.383 e. The fourth-order valence-corrected chi connectivity index (χ4v) is 7.32. The molecule has 6 nitrogen and oxygen atoms in total. The van der Waals surface area contributed by atoms with Gasteiger partial charge in [0.25, 0.3) is 5.56 Å². The normalized spacial score (nSPS) is 22.5. The summed E-state index contributed by atoms with van der Waals surface area (Å²) in [4.78, 5) is 35.7. The fourth-order valence-electron chi connectivity index (χ4n) is 5.00. The topological polar surface area (TPSA) is 64.4 Å². The summed E-state index contributed by atoms with van der Waals surface area (Å²) in [7, 11) is 1.64. The van der Waals surface area contributed by atoms with Gasteiger partial charge in [-0.3, -0.25) is 14.2 Å². The Bertz CT molecular complexity index is 1010. The molecule has 0 radical (unpaired) electrons. The van der Waals surface area contributed by atoms with Crippen LogP contribution in [0, 0.1) is 11.8 Å². The lowest BCUT2D eigenvalue weighted by Gasteiger charge is -2.36. The van der Waals surface area contributed by atoms with Crippen LogP contribution in [-0.2, 0) is 28.9 Å². The molecule has 3 atom stereocenters. The minimum atomic E-state index is -0.287. The zero-order valence-electron chi connectivity index (χ0n) is 19.0. The molecule has 2 aromatic heterocycles. The van der Waals surface area contributed by atoms with Crippen molar-refractivity contribution in [1.82, 2.24) is 14.5 Å². The second-order valence-corrected chi connectivity index (χ2v) is 11.6. The molecule has 0 bridgehead atoms. The van der Waals surface area contributed by atoms with Crippen LogP contribution in [0.15, 0.2) is 9.95 Å². The number of hydrogen-bond acceptors (Lipinski definition) is 6. The molecule has 3 unspecified atom stereocenters. The van der Waals surface area contributed by atoms with Crippen LogP contribution in [-0.4, -0.2) is 52.4 Å². The van der Waals surface area contributed by atoms with Crippen molar-refractivity contribution in [2.24, 2.45) is 11.8 Å². The zero-order chi connectivity index (χ0) is 22.1. The molecule has 1 aliphatic carbocycles. The fraction of sp³-hybridized carbons (Fsp3) is 0.696. The second kappa shape index (κ2) is 9.63. The standard InChI is InChI=1S/C23H33N3O3S2/c1-14-11-15(2)13-25(12-14)21(27)16(3)30-23-24-20-19(22(28)26(23)9-10-29-4)17-7-5-6-8-18(17)31-20/h14-16H,5-13H2,1-4H3. The summed E-state index contributed by atoms with van der Waals surface area (Å²) in [5, 5.41) is 1.13. The Morgan fingerprint density at radius 1 is 1.26 bits per heavy atom. The maximum atomic E-state index is 13.5. The van der Waals surface area contributed by atoms with E-state index in [2.05, 4.69) is 13.8 Å². The van der Waals surface area contributed by atoms with E-state index in [0.717, 1.165) is 42.6 Å². The number of amides is 1. The number of ether oxygens (including phenoxy) is 1. The van der Waals surface area contributed by atoms with Crippen molar-refractivity contribution in [3.05, 3.63) is 20.8 Å². The number of piperidine rings is 1. The Morgan fingerprint density at radius 2 is 1.97 bits per heavy atom. The summed E-state index contributed by atoms with van der Waals surface area (Å²) in [5.41, 5.74) is 1.22. The van der Waals surface area contributed by atoms with E-state index in [1.165, 1.54) is 35.0 Å². The van der Waals surface area contributed by atoms with Gasteiger partial charge in [-0.15, -0.1) is 11.3 Å². The lowest BCUT2D eigenvalue weighted by molar-refractivity contribution is -0.132. The van der Waals surface area contributed by atoms with Crippen LogP contribution < -0.4 is 5.56 Å². The van der Waals surface area contributed by atoms with Crippen LogP contribution >= 0.6 is 23.1 Å². The van der Waals surface area contributed by atoms with Crippen LogP contribution in [0.5, 0.6) is 0 Å². The maximum absolute atomic E-state index is 13.5. The van der Waals surface area contributed by atoms with Crippen molar-refractivity contribution in [3.8, 4) is 0 Å². The molecule has 1 fully saturated rings. The number of aryl methyl sites for hydroxylation is 2. The molecule has 3 heterocycles. The first-order chi connectivity index (χ1) is 14.9. The van der Waals surface area contributed by atoms with Gasteiger partial charge in [0.2, 0.25) is 5.91 Å². The van der Waals surface area contributed by atoms with E-state index in [-0.39, 0.29) is 16.7 Å². The van der Waals surface area contributed by atoms with Crippen LogP contribution in [0.25, 0.3) is 10.2 Å². The number of methoxy groups -OCH3 is 1. The molecule has 0 aromatic carbocycles. The number of rotatable bonds is 6. The van der Waals surface area contributed by atoms with E-state index < -0.39 is 0 Å². The van der Waals surface area contributed by atoms with Crippen molar-refractivity contribution >= 4 is 39.2 Å². The Labute approximate surface area is 192 Å². The van der Waals surface area contributed by atoms with Gasteiger partial charge in [0.1, 0.15) is 4.83 Å². The summed E-state index contributed by atoms with van der Waals surface area (Å²) >= 11 is 3.07. The van der Waals surface area contributed by atoms with Gasteiger partial charge in [-0.05, 0) is 56.4 Å². The summed E-state index contributed by atoms with van der Waals surface area (Å²) in [6.07, 6.45) is 5.48. The first-order valence-electron chi connectivity index (χ1n) is 11.4. The van der Waals surface area contributed by atoms with Gasteiger partial charge in [0.05, 0.1) is 23.8 Å². The predicted octanol–water partition coefficient (Wildman–Crippen LogP) is 3.97. The number of aromatic nitrogens is 2. The molecule has 31 heavy (non-hydrogen) atoms. The number of thiophene rings is 1. The smallest absolute Gasteiger partial charge is 0.263 e. The molecular formula is C23H33N3O3S2. The first kappa shape index (κ1) is 22.8.